The molecule has 1 unspecified atom stereocenters. The van der Waals surface area contributed by atoms with Crippen molar-refractivity contribution in [3.05, 3.63) is 38.9 Å². The molecule has 3 rings (SSSR count). The molecule has 0 radical (unpaired) electrons. The van der Waals surface area contributed by atoms with Crippen molar-refractivity contribution in [2.75, 3.05) is 6.54 Å². The average Bonchev–Trinajstić information content (AvgIpc) is 2.85. The van der Waals surface area contributed by atoms with E-state index in [4.69, 9.17) is 4.98 Å². The van der Waals surface area contributed by atoms with E-state index in [9.17, 15) is 4.79 Å². The van der Waals surface area contributed by atoms with Crippen LogP contribution in [0.2, 0.25) is 0 Å². The summed E-state index contributed by atoms with van der Waals surface area (Å²) < 4.78 is 2.85. The predicted molar refractivity (Wildman–Crippen MR) is 111 cm³/mol. The van der Waals surface area contributed by atoms with E-state index in [2.05, 4.69) is 42.0 Å². The van der Waals surface area contributed by atoms with E-state index in [0.717, 1.165) is 28.7 Å². The van der Waals surface area contributed by atoms with Crippen LogP contribution in [0, 0.1) is 5.92 Å². The van der Waals surface area contributed by atoms with Crippen LogP contribution in [-0.2, 0) is 6.54 Å². The third-order valence-corrected chi connectivity index (χ3v) is 6.35. The Morgan fingerprint density at radius 3 is 2.85 bits per heavy atom. The van der Waals surface area contributed by atoms with Crippen molar-refractivity contribution in [2.24, 2.45) is 5.92 Å². The first kappa shape index (κ1) is 19.6. The molecule has 142 valence electrons. The van der Waals surface area contributed by atoms with E-state index < -0.39 is 0 Å². The zero-order chi connectivity index (χ0) is 18.7. The van der Waals surface area contributed by atoms with E-state index >= 15 is 0 Å². The van der Waals surface area contributed by atoms with Crippen LogP contribution in [0.5, 0.6) is 0 Å². The molecule has 0 amide bonds. The summed E-state index contributed by atoms with van der Waals surface area (Å²) in [5.74, 6) is 2.00. The summed E-state index contributed by atoms with van der Waals surface area (Å²) in [6.07, 6.45) is 5.93. The van der Waals surface area contributed by atoms with Crippen molar-refractivity contribution in [2.45, 2.75) is 71.4 Å². The second kappa shape index (κ2) is 8.66. The van der Waals surface area contributed by atoms with Crippen molar-refractivity contribution in [1.29, 1.82) is 0 Å². The van der Waals surface area contributed by atoms with Crippen LogP contribution >= 0.6 is 15.9 Å². The Hall–Kier alpha value is -1.20. The predicted octanol–water partition coefficient (Wildman–Crippen LogP) is 3.81. The fourth-order valence-electron chi connectivity index (χ4n) is 4.42. The van der Waals surface area contributed by atoms with Gasteiger partial charge in [0.25, 0.3) is 5.56 Å². The summed E-state index contributed by atoms with van der Waals surface area (Å²) in [5, 5.41) is 3.18. The van der Waals surface area contributed by atoms with E-state index in [1.54, 1.807) is 0 Å². The van der Waals surface area contributed by atoms with Crippen LogP contribution in [0.1, 0.15) is 64.6 Å². The van der Waals surface area contributed by atoms with Crippen LogP contribution in [0.25, 0.3) is 10.9 Å². The van der Waals surface area contributed by atoms with Gasteiger partial charge in [-0.2, -0.15) is 0 Å². The number of hydrogen-bond acceptors (Lipinski definition) is 2. The molecule has 1 aromatic carbocycles. The van der Waals surface area contributed by atoms with E-state index in [-0.39, 0.29) is 5.56 Å². The van der Waals surface area contributed by atoms with Crippen LogP contribution in [0.3, 0.4) is 0 Å². The van der Waals surface area contributed by atoms with Gasteiger partial charge in [0.05, 0.1) is 23.5 Å². The highest BCUT2D eigenvalue weighted by Gasteiger charge is 2.30. The highest BCUT2D eigenvalue weighted by atomic mass is 79.9. The molecule has 3 atom stereocenters. The zero-order valence-electron chi connectivity index (χ0n) is 16.2. The Morgan fingerprint density at radius 2 is 2.12 bits per heavy atom. The number of nitrogens with zero attached hydrogens (tertiary/aromatic N) is 2. The molecule has 2 N–H and O–H groups in total. The fourth-order valence-corrected chi connectivity index (χ4v) is 4.78. The maximum atomic E-state index is 13.1. The number of aromatic nitrogens is 2. The maximum Gasteiger partial charge on any atom is 0.261 e. The van der Waals surface area contributed by atoms with Gasteiger partial charge in [0, 0.05) is 16.9 Å². The van der Waals surface area contributed by atoms with Gasteiger partial charge in [0.2, 0.25) is 0 Å². The molecule has 0 spiro atoms. The van der Waals surface area contributed by atoms with Gasteiger partial charge < -0.3 is 5.32 Å². The lowest BCUT2D eigenvalue weighted by Crippen LogP contribution is -2.88. The number of hydrogen-bond donors (Lipinski definition) is 1. The minimum absolute atomic E-state index is 0.100. The van der Waals surface area contributed by atoms with Gasteiger partial charge in [0.15, 0.2) is 0 Å². The van der Waals surface area contributed by atoms with Gasteiger partial charge in [-0.3, -0.25) is 9.36 Å². The zero-order valence-corrected chi connectivity index (χ0v) is 17.8. The highest BCUT2D eigenvalue weighted by Crippen LogP contribution is 2.34. The SMILES string of the molecule is CCC[C@@H](c1nc2ccc(Br)cc2c(=O)n1CC)C1CC[NH2+][C@@H](C)CC1. The van der Waals surface area contributed by atoms with Gasteiger partial charge in [-0.05, 0) is 63.6 Å². The van der Waals surface area contributed by atoms with Crippen molar-refractivity contribution in [1.82, 2.24) is 9.55 Å². The lowest BCUT2D eigenvalue weighted by molar-refractivity contribution is -0.684. The fraction of sp³-hybridized carbons (Fsp3) is 0.619. The first-order valence-corrected chi connectivity index (χ1v) is 10.9. The molecule has 5 heteroatoms. The number of quaternary nitrogens is 1. The summed E-state index contributed by atoms with van der Waals surface area (Å²) in [5.41, 5.74) is 0.927. The van der Waals surface area contributed by atoms with Crippen molar-refractivity contribution in [3.8, 4) is 0 Å². The maximum absolute atomic E-state index is 13.1. The normalized spacial score (nSPS) is 22.3. The topological polar surface area (TPSA) is 51.5 Å². The van der Waals surface area contributed by atoms with Crippen molar-refractivity contribution < 1.29 is 5.32 Å². The molecule has 1 aromatic heterocycles. The van der Waals surface area contributed by atoms with E-state index in [1.807, 2.05) is 22.8 Å². The van der Waals surface area contributed by atoms with Crippen LogP contribution in [0.15, 0.2) is 27.5 Å². The molecule has 1 saturated heterocycles. The molecule has 1 aliphatic rings. The minimum Gasteiger partial charge on any atom is -0.344 e. The number of fused-ring (bicyclic) bond motifs is 1. The highest BCUT2D eigenvalue weighted by molar-refractivity contribution is 9.10. The second-order valence-electron chi connectivity index (χ2n) is 7.70. The summed E-state index contributed by atoms with van der Waals surface area (Å²) in [4.78, 5) is 18.2. The molecule has 1 aliphatic heterocycles. The molecule has 1 fully saturated rings. The van der Waals surface area contributed by atoms with Gasteiger partial charge in [-0.15, -0.1) is 0 Å². The lowest BCUT2D eigenvalue weighted by atomic mass is 9.82. The van der Waals surface area contributed by atoms with Gasteiger partial charge >= 0.3 is 0 Å². The van der Waals surface area contributed by atoms with Crippen LogP contribution < -0.4 is 10.9 Å². The smallest absolute Gasteiger partial charge is 0.261 e. The molecular formula is C21H31BrN3O+. The van der Waals surface area contributed by atoms with Crippen molar-refractivity contribution >= 4 is 26.8 Å². The van der Waals surface area contributed by atoms with Gasteiger partial charge in [0.1, 0.15) is 5.82 Å². The molecule has 0 saturated carbocycles. The Bertz CT molecular complexity index is 817. The number of benzene rings is 1. The van der Waals surface area contributed by atoms with Gasteiger partial charge in [-0.1, -0.05) is 29.3 Å². The lowest BCUT2D eigenvalue weighted by Gasteiger charge is -2.27. The molecule has 0 bridgehead atoms. The molecule has 26 heavy (non-hydrogen) atoms. The van der Waals surface area contributed by atoms with E-state index in [0.29, 0.717) is 29.8 Å². The Balaban J connectivity index is 2.09. The Labute approximate surface area is 164 Å². The number of halogens is 1. The summed E-state index contributed by atoms with van der Waals surface area (Å²) in [7, 11) is 0. The summed E-state index contributed by atoms with van der Waals surface area (Å²) >= 11 is 3.48. The first-order chi connectivity index (χ1) is 12.5. The summed E-state index contributed by atoms with van der Waals surface area (Å²) in [6.45, 7) is 8.49. The molecule has 4 nitrogen and oxygen atoms in total. The van der Waals surface area contributed by atoms with Gasteiger partial charge in [-0.25, -0.2) is 4.98 Å². The standard InChI is InChI=1S/C21H30BrN3O/c1-4-6-17(15-8-7-14(3)23-12-11-15)20-24-19-10-9-16(22)13-18(19)21(26)25(20)5-2/h9-10,13-15,17,23H,4-8,11-12H2,1-3H3/p+1/t14-,15?,17+/m0/s1. The first-order valence-electron chi connectivity index (χ1n) is 10.1. The minimum atomic E-state index is 0.100. The summed E-state index contributed by atoms with van der Waals surface area (Å²) in [6, 6.07) is 6.55. The number of nitrogens with two attached hydrogens (primary N) is 1. The molecular weight excluding hydrogens is 390 g/mol. The molecule has 0 aliphatic carbocycles. The van der Waals surface area contributed by atoms with Crippen LogP contribution in [0.4, 0.5) is 0 Å². The third kappa shape index (κ3) is 4.04. The molecule has 2 heterocycles. The van der Waals surface area contributed by atoms with E-state index in [1.165, 1.54) is 25.8 Å². The Morgan fingerprint density at radius 1 is 1.31 bits per heavy atom. The van der Waals surface area contributed by atoms with Crippen LogP contribution in [-0.4, -0.2) is 22.1 Å². The molecule has 2 aromatic rings. The average molecular weight is 421 g/mol. The van der Waals surface area contributed by atoms with Crippen molar-refractivity contribution in [3.63, 3.8) is 0 Å². The largest absolute Gasteiger partial charge is 0.344 e. The third-order valence-electron chi connectivity index (χ3n) is 5.86. The quantitative estimate of drug-likeness (QED) is 0.798. The Kier molecular flexibility index (Phi) is 6.51. The monoisotopic (exact) mass is 420 g/mol. The second-order valence-corrected chi connectivity index (χ2v) is 8.62. The number of rotatable bonds is 5.